The Bertz CT molecular complexity index is 435. The predicted octanol–water partition coefficient (Wildman–Crippen LogP) is 1.44. The maximum Gasteiger partial charge on any atom is 0.231 e. The molecular formula is C15H22NO3+. The summed E-state index contributed by atoms with van der Waals surface area (Å²) in [6, 6.07) is 6.79. The zero-order chi connectivity index (χ0) is 13.1. The summed E-state index contributed by atoms with van der Waals surface area (Å²) in [5, 5.41) is 2.41. The van der Waals surface area contributed by atoms with E-state index >= 15 is 0 Å². The van der Waals surface area contributed by atoms with Gasteiger partial charge in [-0.05, 0) is 31.0 Å². The molecule has 1 aliphatic carbocycles. The average molecular weight is 264 g/mol. The zero-order valence-corrected chi connectivity index (χ0v) is 11.4. The van der Waals surface area contributed by atoms with Crippen LogP contribution in [0.3, 0.4) is 0 Å². The molecule has 0 saturated heterocycles. The van der Waals surface area contributed by atoms with Gasteiger partial charge in [-0.25, -0.2) is 0 Å². The normalized spacial score (nSPS) is 25.5. The van der Waals surface area contributed by atoms with Crippen molar-refractivity contribution in [1.29, 1.82) is 0 Å². The smallest absolute Gasteiger partial charge is 0.231 e. The fourth-order valence-electron chi connectivity index (χ4n) is 3.04. The lowest BCUT2D eigenvalue weighted by atomic mass is 9.92. The number of benzene rings is 1. The molecule has 0 aromatic heterocycles. The number of fused-ring (bicyclic) bond motifs is 1. The molecule has 2 N–H and O–H groups in total. The largest absolute Gasteiger partial charge is 0.454 e. The second kappa shape index (κ2) is 5.80. The van der Waals surface area contributed by atoms with E-state index in [0.29, 0.717) is 18.9 Å². The minimum absolute atomic E-state index is 0.344. The predicted molar refractivity (Wildman–Crippen MR) is 71.2 cm³/mol. The van der Waals surface area contributed by atoms with Gasteiger partial charge in [0.1, 0.15) is 18.7 Å². The molecule has 1 aromatic rings. The van der Waals surface area contributed by atoms with Gasteiger partial charge in [-0.3, -0.25) is 0 Å². The molecule has 1 aliphatic heterocycles. The first-order valence-corrected chi connectivity index (χ1v) is 7.11. The first-order chi connectivity index (χ1) is 9.36. The molecule has 0 unspecified atom stereocenters. The van der Waals surface area contributed by atoms with E-state index in [1.54, 1.807) is 0 Å². The number of ether oxygens (including phenoxy) is 3. The molecule has 0 spiro atoms. The monoisotopic (exact) mass is 264 g/mol. The second-order valence-electron chi connectivity index (χ2n) is 5.35. The minimum Gasteiger partial charge on any atom is -0.454 e. The number of hydrogen-bond acceptors (Lipinski definition) is 3. The van der Waals surface area contributed by atoms with Crippen molar-refractivity contribution in [3.8, 4) is 11.5 Å². The van der Waals surface area contributed by atoms with Gasteiger partial charge in [0, 0.05) is 19.1 Å². The quantitative estimate of drug-likeness (QED) is 0.895. The number of rotatable bonds is 4. The molecule has 0 radical (unpaired) electrons. The number of methoxy groups -OCH3 is 1. The van der Waals surface area contributed by atoms with Gasteiger partial charge in [-0.15, -0.1) is 0 Å². The zero-order valence-electron chi connectivity index (χ0n) is 11.4. The van der Waals surface area contributed by atoms with Crippen LogP contribution in [0.4, 0.5) is 0 Å². The Hall–Kier alpha value is -1.26. The van der Waals surface area contributed by atoms with E-state index in [1.165, 1.54) is 31.2 Å². The van der Waals surface area contributed by atoms with Crippen LogP contribution < -0.4 is 14.8 Å². The van der Waals surface area contributed by atoms with Crippen LogP contribution >= 0.6 is 0 Å². The van der Waals surface area contributed by atoms with Crippen LogP contribution in [0, 0.1) is 0 Å². The van der Waals surface area contributed by atoms with Crippen molar-refractivity contribution in [2.45, 2.75) is 44.4 Å². The van der Waals surface area contributed by atoms with Gasteiger partial charge >= 0.3 is 0 Å². The number of hydrogen-bond donors (Lipinski definition) is 1. The molecule has 4 heteroatoms. The van der Waals surface area contributed by atoms with Gasteiger partial charge in [0.2, 0.25) is 6.79 Å². The molecule has 0 bridgehead atoms. The van der Waals surface area contributed by atoms with E-state index in [0.717, 1.165) is 18.0 Å². The highest BCUT2D eigenvalue weighted by atomic mass is 16.7. The average Bonchev–Trinajstić information content (AvgIpc) is 2.93. The van der Waals surface area contributed by atoms with Crippen LogP contribution in [-0.4, -0.2) is 26.0 Å². The van der Waals surface area contributed by atoms with Crippen molar-refractivity contribution >= 4 is 0 Å². The van der Waals surface area contributed by atoms with Crippen molar-refractivity contribution < 1.29 is 19.5 Å². The fourth-order valence-corrected chi connectivity index (χ4v) is 3.04. The minimum atomic E-state index is 0.344. The van der Waals surface area contributed by atoms with Crippen LogP contribution in [-0.2, 0) is 11.3 Å². The lowest BCUT2D eigenvalue weighted by Gasteiger charge is -2.28. The SMILES string of the molecule is CO[C@H]1CCCC[C@@H]1[NH2+]Cc1ccc2c(c1)OCO2. The Morgan fingerprint density at radius 2 is 2.05 bits per heavy atom. The van der Waals surface area contributed by atoms with Crippen molar-refractivity contribution in [2.24, 2.45) is 0 Å². The lowest BCUT2D eigenvalue weighted by molar-refractivity contribution is -0.713. The molecular weight excluding hydrogens is 242 g/mol. The lowest BCUT2D eigenvalue weighted by Crippen LogP contribution is -2.91. The van der Waals surface area contributed by atoms with E-state index in [4.69, 9.17) is 14.2 Å². The molecule has 2 atom stereocenters. The van der Waals surface area contributed by atoms with Gasteiger partial charge in [-0.2, -0.15) is 0 Å². The van der Waals surface area contributed by atoms with E-state index in [1.807, 2.05) is 13.2 Å². The van der Waals surface area contributed by atoms with Gasteiger partial charge in [0.15, 0.2) is 11.5 Å². The first-order valence-electron chi connectivity index (χ1n) is 7.11. The number of nitrogens with two attached hydrogens (primary N) is 1. The van der Waals surface area contributed by atoms with Crippen LogP contribution in [0.5, 0.6) is 11.5 Å². The van der Waals surface area contributed by atoms with Crippen LogP contribution in [0.25, 0.3) is 0 Å². The molecule has 19 heavy (non-hydrogen) atoms. The molecule has 2 aliphatic rings. The Balaban J connectivity index is 1.59. The summed E-state index contributed by atoms with van der Waals surface area (Å²) >= 11 is 0. The Kier molecular flexibility index (Phi) is 3.89. The standard InChI is InChI=1S/C15H21NO3/c1-17-13-5-3-2-4-12(13)16-9-11-6-7-14-15(8-11)19-10-18-14/h6-8,12-13,16H,2-5,9-10H2,1H3/p+1/t12-,13-/m0/s1. The molecule has 1 fully saturated rings. The summed E-state index contributed by atoms with van der Waals surface area (Å²) in [5.41, 5.74) is 1.28. The summed E-state index contributed by atoms with van der Waals surface area (Å²) in [4.78, 5) is 0. The van der Waals surface area contributed by atoms with Crippen molar-refractivity contribution in [1.82, 2.24) is 0 Å². The van der Waals surface area contributed by atoms with E-state index in [2.05, 4.69) is 17.4 Å². The molecule has 3 rings (SSSR count). The highest BCUT2D eigenvalue weighted by Crippen LogP contribution is 2.32. The van der Waals surface area contributed by atoms with E-state index in [-0.39, 0.29) is 0 Å². The maximum atomic E-state index is 5.59. The van der Waals surface area contributed by atoms with Crippen molar-refractivity contribution in [3.63, 3.8) is 0 Å². The Labute approximate surface area is 114 Å². The molecule has 1 saturated carbocycles. The maximum absolute atomic E-state index is 5.59. The summed E-state index contributed by atoms with van der Waals surface area (Å²) in [6.07, 6.45) is 5.47. The molecule has 1 aromatic carbocycles. The third-order valence-corrected chi connectivity index (χ3v) is 4.15. The van der Waals surface area contributed by atoms with Crippen molar-refractivity contribution in [2.75, 3.05) is 13.9 Å². The number of quaternary nitrogens is 1. The van der Waals surface area contributed by atoms with E-state index < -0.39 is 0 Å². The third kappa shape index (κ3) is 2.85. The molecule has 4 nitrogen and oxygen atoms in total. The van der Waals surface area contributed by atoms with Crippen molar-refractivity contribution in [3.05, 3.63) is 23.8 Å². The van der Waals surface area contributed by atoms with Crippen LogP contribution in [0.15, 0.2) is 18.2 Å². The van der Waals surface area contributed by atoms with E-state index in [9.17, 15) is 0 Å². The fraction of sp³-hybridized carbons (Fsp3) is 0.600. The third-order valence-electron chi connectivity index (χ3n) is 4.15. The summed E-state index contributed by atoms with van der Waals surface area (Å²) in [7, 11) is 1.83. The highest BCUT2D eigenvalue weighted by molar-refractivity contribution is 5.44. The van der Waals surface area contributed by atoms with Crippen LogP contribution in [0.1, 0.15) is 31.2 Å². The van der Waals surface area contributed by atoms with Gasteiger partial charge in [0.25, 0.3) is 0 Å². The second-order valence-corrected chi connectivity index (χ2v) is 5.35. The Morgan fingerprint density at radius 3 is 2.95 bits per heavy atom. The summed E-state index contributed by atoms with van der Waals surface area (Å²) in [5.74, 6) is 1.73. The molecule has 0 amide bonds. The van der Waals surface area contributed by atoms with Gasteiger partial charge < -0.3 is 19.5 Å². The first kappa shape index (κ1) is 12.8. The Morgan fingerprint density at radius 1 is 1.21 bits per heavy atom. The molecule has 104 valence electrons. The van der Waals surface area contributed by atoms with Gasteiger partial charge in [0.05, 0.1) is 0 Å². The van der Waals surface area contributed by atoms with Gasteiger partial charge in [-0.1, -0.05) is 6.42 Å². The van der Waals surface area contributed by atoms with Crippen LogP contribution in [0.2, 0.25) is 0 Å². The topological polar surface area (TPSA) is 44.3 Å². The molecule has 1 heterocycles. The summed E-state index contributed by atoms with van der Waals surface area (Å²) < 4.78 is 16.3. The summed E-state index contributed by atoms with van der Waals surface area (Å²) in [6.45, 7) is 1.32. The highest BCUT2D eigenvalue weighted by Gasteiger charge is 2.27.